The maximum atomic E-state index is 14.2. The first-order chi connectivity index (χ1) is 24.0. The Kier molecular flexibility index (Phi) is 13.2. The average Bonchev–Trinajstić information content (AvgIpc) is 3.85. The quantitative estimate of drug-likeness (QED) is 0.101. The number of fused-ring (bicyclic) bond motifs is 2. The Morgan fingerprint density at radius 1 is 1.08 bits per heavy atom. The van der Waals surface area contributed by atoms with Gasteiger partial charge in [-0.15, -0.1) is 0 Å². The van der Waals surface area contributed by atoms with E-state index in [4.69, 9.17) is 53.8 Å². The predicted molar refractivity (Wildman–Crippen MR) is 182 cm³/mol. The van der Waals surface area contributed by atoms with Crippen LogP contribution >= 0.6 is 19.2 Å². The summed E-state index contributed by atoms with van der Waals surface area (Å²) in [5.74, 6) is -0.649. The van der Waals surface area contributed by atoms with Crippen LogP contribution in [0.1, 0.15) is 79.4 Å². The Bertz CT molecular complexity index is 1480. The van der Waals surface area contributed by atoms with E-state index in [-0.39, 0.29) is 44.4 Å². The number of aromatic nitrogens is 4. The zero-order valence-electron chi connectivity index (χ0n) is 30.0. The number of hydrogen-bond donors (Lipinski definition) is 0. The first kappa shape index (κ1) is 39.2. The Labute approximate surface area is 298 Å². The number of carbonyl (C=O) groups is 1. The van der Waals surface area contributed by atoms with Gasteiger partial charge < -0.3 is 42.2 Å². The molecule has 50 heavy (non-hydrogen) atoms. The second-order valence-electron chi connectivity index (χ2n) is 13.0. The maximum Gasteiger partial charge on any atom is 0.415 e. The van der Waals surface area contributed by atoms with Crippen molar-refractivity contribution in [2.45, 2.75) is 115 Å². The van der Waals surface area contributed by atoms with Gasteiger partial charge in [0.15, 0.2) is 23.5 Å². The van der Waals surface area contributed by atoms with E-state index < -0.39 is 49.4 Å². The molecular formula is C32H51ClN5O11P. The largest absolute Gasteiger partial charge is 0.449 e. The Balaban J connectivity index is 1.49. The number of amides is 1. The normalized spacial score (nSPS) is 23.9. The molecule has 5 rings (SSSR count). The maximum absolute atomic E-state index is 14.2. The summed E-state index contributed by atoms with van der Waals surface area (Å²) < 4.78 is 69.5. The highest BCUT2D eigenvalue weighted by molar-refractivity contribution is 7.55. The fourth-order valence-corrected chi connectivity index (χ4v) is 9.04. The highest BCUT2D eigenvalue weighted by atomic mass is 35.5. The molecule has 2 aliphatic heterocycles. The van der Waals surface area contributed by atoms with Crippen LogP contribution in [0.3, 0.4) is 0 Å². The molecule has 4 heterocycles. The molecule has 2 saturated heterocycles. The fourth-order valence-electron chi connectivity index (χ4n) is 6.85. The average molecular weight is 748 g/mol. The highest BCUT2D eigenvalue weighted by Gasteiger charge is 2.59. The standard InChI is InChI=1S/C32H51ClN5O11P/c1-8-11-16-43-30(39)37(21-14-12-13-15-21)26-22-17-34-38(27(22)36-29(33)35-26)28-25-24(48-31(4,5)49-25)23(47-28)18-44-32(19-41-6,20-42-7)50(40,45-9-2)46-10-3/h17,21,23-25,28H,8-16,18-20H2,1-7H3/t23-,24-,25-,28-/m1/s1. The van der Waals surface area contributed by atoms with Crippen LogP contribution in [-0.4, -0.2) is 115 Å². The summed E-state index contributed by atoms with van der Waals surface area (Å²) >= 11 is 6.55. The Morgan fingerprint density at radius 2 is 1.74 bits per heavy atom. The zero-order chi connectivity index (χ0) is 36.1. The van der Waals surface area contributed by atoms with Gasteiger partial charge in [-0.25, -0.2) is 9.48 Å². The SMILES string of the molecule is CCCCOC(=O)N(c1nc(Cl)nc2c1cnn2[C@@H]1O[C@H](COC(COC)(COC)P(=O)(OCC)OCC)[C@H]2OC(C)(C)O[C@H]21)C1CCCC1. The molecule has 16 nitrogen and oxygen atoms in total. The van der Waals surface area contributed by atoms with Crippen molar-refractivity contribution in [1.29, 1.82) is 0 Å². The Morgan fingerprint density at radius 3 is 2.36 bits per heavy atom. The fraction of sp³-hybridized carbons (Fsp3) is 0.812. The van der Waals surface area contributed by atoms with Crippen molar-refractivity contribution in [1.82, 2.24) is 19.7 Å². The van der Waals surface area contributed by atoms with Crippen molar-refractivity contribution < 1.29 is 51.6 Å². The third-order valence-corrected chi connectivity index (χ3v) is 11.7. The van der Waals surface area contributed by atoms with Gasteiger partial charge in [-0.3, -0.25) is 9.46 Å². The molecule has 2 aromatic rings. The summed E-state index contributed by atoms with van der Waals surface area (Å²) in [7, 11) is -1.01. The van der Waals surface area contributed by atoms with Gasteiger partial charge in [0.2, 0.25) is 10.6 Å². The number of rotatable bonds is 18. The third kappa shape index (κ3) is 7.99. The van der Waals surface area contributed by atoms with E-state index in [1.807, 2.05) is 6.92 Å². The first-order valence-corrected chi connectivity index (χ1v) is 19.3. The lowest BCUT2D eigenvalue weighted by Gasteiger charge is -2.38. The number of nitrogens with zero attached hydrogens (tertiary/aromatic N) is 5. The lowest BCUT2D eigenvalue weighted by Crippen LogP contribution is -2.46. The van der Waals surface area contributed by atoms with Crippen molar-refractivity contribution in [3.8, 4) is 0 Å². The lowest BCUT2D eigenvalue weighted by molar-refractivity contribution is -0.208. The topological polar surface area (TPSA) is 164 Å². The number of ether oxygens (including phenoxy) is 7. The van der Waals surface area contributed by atoms with Crippen LogP contribution in [0.15, 0.2) is 6.20 Å². The smallest absolute Gasteiger partial charge is 0.415 e. The summed E-state index contributed by atoms with van der Waals surface area (Å²) in [5, 5.41) is 3.49. The van der Waals surface area contributed by atoms with Crippen molar-refractivity contribution in [2.75, 3.05) is 58.8 Å². The summed E-state index contributed by atoms with van der Waals surface area (Å²) in [6.07, 6.45) is 3.47. The lowest BCUT2D eigenvalue weighted by atomic mass is 10.1. The molecule has 4 atom stereocenters. The minimum Gasteiger partial charge on any atom is -0.449 e. The van der Waals surface area contributed by atoms with Crippen molar-refractivity contribution in [3.63, 3.8) is 0 Å². The molecule has 0 unspecified atom stereocenters. The summed E-state index contributed by atoms with van der Waals surface area (Å²) in [6.45, 7) is 9.20. The van der Waals surface area contributed by atoms with Gasteiger partial charge in [-0.1, -0.05) is 26.2 Å². The van der Waals surface area contributed by atoms with Crippen molar-refractivity contribution in [2.24, 2.45) is 0 Å². The van der Waals surface area contributed by atoms with Gasteiger partial charge in [0.05, 0.1) is 51.2 Å². The van der Waals surface area contributed by atoms with Crippen molar-refractivity contribution in [3.05, 3.63) is 11.5 Å². The number of methoxy groups -OCH3 is 2. The molecule has 1 amide bonds. The van der Waals surface area contributed by atoms with Gasteiger partial charge in [0.1, 0.15) is 18.3 Å². The van der Waals surface area contributed by atoms with Crippen LogP contribution < -0.4 is 4.90 Å². The third-order valence-electron chi connectivity index (χ3n) is 8.96. The van der Waals surface area contributed by atoms with Gasteiger partial charge >= 0.3 is 13.7 Å². The second kappa shape index (κ2) is 16.8. The predicted octanol–water partition coefficient (Wildman–Crippen LogP) is 5.85. The summed E-state index contributed by atoms with van der Waals surface area (Å²) in [6, 6.07) is -0.105. The molecular weight excluding hydrogens is 697 g/mol. The van der Waals surface area contributed by atoms with Crippen LogP contribution in [0, 0.1) is 0 Å². The van der Waals surface area contributed by atoms with E-state index >= 15 is 0 Å². The molecule has 2 aromatic heterocycles. The number of carbonyl (C=O) groups excluding carboxylic acids is 1. The number of anilines is 1. The minimum absolute atomic E-state index is 0.0662. The Hall–Kier alpha value is -1.98. The molecule has 3 aliphatic rings. The number of unbranched alkanes of at least 4 members (excludes halogenated alkanes) is 1. The van der Waals surface area contributed by atoms with Crippen LogP contribution in [-0.2, 0) is 46.8 Å². The molecule has 0 aromatic carbocycles. The molecule has 0 spiro atoms. The molecule has 18 heteroatoms. The van der Waals surface area contributed by atoms with Gasteiger partial charge in [-0.05, 0) is 58.6 Å². The molecule has 0 bridgehead atoms. The van der Waals surface area contributed by atoms with E-state index in [9.17, 15) is 9.36 Å². The molecule has 0 radical (unpaired) electrons. The van der Waals surface area contributed by atoms with E-state index in [2.05, 4.69) is 15.1 Å². The van der Waals surface area contributed by atoms with E-state index in [1.54, 1.807) is 43.5 Å². The molecule has 0 N–H and O–H groups in total. The van der Waals surface area contributed by atoms with Crippen LogP contribution in [0.2, 0.25) is 5.28 Å². The number of halogens is 1. The van der Waals surface area contributed by atoms with E-state index in [1.165, 1.54) is 14.2 Å². The molecule has 282 valence electrons. The number of hydrogen-bond acceptors (Lipinski definition) is 14. The molecule has 1 aliphatic carbocycles. The monoisotopic (exact) mass is 747 g/mol. The molecule has 1 saturated carbocycles. The second-order valence-corrected chi connectivity index (χ2v) is 15.7. The minimum atomic E-state index is -3.94. The van der Waals surface area contributed by atoms with Gasteiger partial charge in [-0.2, -0.15) is 15.1 Å². The van der Waals surface area contributed by atoms with Gasteiger partial charge in [0, 0.05) is 20.3 Å². The molecule has 3 fully saturated rings. The summed E-state index contributed by atoms with van der Waals surface area (Å²) in [5.41, 5.74) is 0.341. The van der Waals surface area contributed by atoms with E-state index in [0.717, 1.165) is 38.5 Å². The zero-order valence-corrected chi connectivity index (χ0v) is 31.7. The van der Waals surface area contributed by atoms with Crippen LogP contribution in [0.5, 0.6) is 0 Å². The first-order valence-electron chi connectivity index (χ1n) is 17.4. The van der Waals surface area contributed by atoms with E-state index in [0.29, 0.717) is 23.5 Å². The highest BCUT2D eigenvalue weighted by Crippen LogP contribution is 2.61. The van der Waals surface area contributed by atoms with Crippen LogP contribution in [0.4, 0.5) is 10.6 Å². The van der Waals surface area contributed by atoms with Crippen LogP contribution in [0.25, 0.3) is 11.0 Å². The summed E-state index contributed by atoms with van der Waals surface area (Å²) in [4.78, 5) is 24.2. The van der Waals surface area contributed by atoms with Crippen molar-refractivity contribution >= 4 is 42.1 Å². The van der Waals surface area contributed by atoms with Gasteiger partial charge in [0.25, 0.3) is 0 Å².